The van der Waals surface area contributed by atoms with Crippen LogP contribution in [0.1, 0.15) is 30.9 Å². The summed E-state index contributed by atoms with van der Waals surface area (Å²) in [7, 11) is 0. The lowest BCUT2D eigenvalue weighted by Gasteiger charge is -2.70. The second kappa shape index (κ2) is 8.07. The lowest BCUT2D eigenvalue weighted by molar-refractivity contribution is -0.176. The van der Waals surface area contributed by atoms with Gasteiger partial charge in [0.2, 0.25) is 5.91 Å². The molecule has 1 spiro atoms. The van der Waals surface area contributed by atoms with Crippen LogP contribution in [0.15, 0.2) is 54.9 Å². The average molecular weight is 409 g/mol. The van der Waals surface area contributed by atoms with Gasteiger partial charge in [0.05, 0.1) is 24.6 Å². The van der Waals surface area contributed by atoms with Crippen LogP contribution in [0.25, 0.3) is 0 Å². The molecule has 0 unspecified atom stereocenters. The van der Waals surface area contributed by atoms with Crippen molar-refractivity contribution in [2.24, 2.45) is 0 Å². The van der Waals surface area contributed by atoms with E-state index in [0.717, 1.165) is 11.1 Å². The minimum Gasteiger partial charge on any atom is -0.394 e. The van der Waals surface area contributed by atoms with Gasteiger partial charge < -0.3 is 20.2 Å². The minimum atomic E-state index is -0.488. The highest BCUT2D eigenvalue weighted by Gasteiger charge is 2.68. The SMILES string of the molecule is CC(C)NC(=O)N1[C@@H](CO)[C@@H](c2ccccc2)C12CN(C(=O)Cc1cccnc1)C2. The van der Waals surface area contributed by atoms with Crippen LogP contribution in [0.3, 0.4) is 0 Å². The molecular formula is C23H28N4O3. The fourth-order valence-corrected chi connectivity index (χ4v) is 4.88. The molecule has 2 N–H and O–H groups in total. The number of rotatable bonds is 5. The van der Waals surface area contributed by atoms with Crippen molar-refractivity contribution in [3.05, 3.63) is 66.0 Å². The van der Waals surface area contributed by atoms with Gasteiger partial charge in [-0.05, 0) is 31.0 Å². The van der Waals surface area contributed by atoms with Crippen LogP contribution in [0.5, 0.6) is 0 Å². The number of likely N-dealkylation sites (tertiary alicyclic amines) is 2. The van der Waals surface area contributed by atoms with Crippen molar-refractivity contribution < 1.29 is 14.7 Å². The monoisotopic (exact) mass is 408 g/mol. The Morgan fingerprint density at radius 1 is 1.20 bits per heavy atom. The summed E-state index contributed by atoms with van der Waals surface area (Å²) < 4.78 is 0. The number of pyridine rings is 1. The first-order chi connectivity index (χ1) is 14.5. The summed E-state index contributed by atoms with van der Waals surface area (Å²) >= 11 is 0. The Labute approximate surface area is 176 Å². The normalized spacial score (nSPS) is 21.9. The number of carbonyl (C=O) groups excluding carboxylic acids is 2. The molecule has 0 bridgehead atoms. The van der Waals surface area contributed by atoms with Crippen LogP contribution in [-0.2, 0) is 11.2 Å². The summed E-state index contributed by atoms with van der Waals surface area (Å²) in [6, 6.07) is 13.2. The number of aliphatic hydroxyl groups is 1. The largest absolute Gasteiger partial charge is 0.394 e. The summed E-state index contributed by atoms with van der Waals surface area (Å²) in [6.07, 6.45) is 3.68. The maximum absolute atomic E-state index is 12.9. The summed E-state index contributed by atoms with van der Waals surface area (Å²) in [5.74, 6) is 0.0150. The third-order valence-electron chi connectivity index (χ3n) is 6.11. The standard InChI is InChI=1S/C23H28N4O3/c1-16(2)25-22(30)27-19(13-28)21(18-8-4-3-5-9-18)23(27)14-26(15-23)20(29)11-17-7-6-10-24-12-17/h3-10,12,16,19,21,28H,11,13-15H2,1-2H3,(H,25,30)/t19-,21+/m0/s1. The van der Waals surface area contributed by atoms with Gasteiger partial charge in [0.25, 0.3) is 0 Å². The first-order valence-electron chi connectivity index (χ1n) is 10.4. The van der Waals surface area contributed by atoms with Crippen molar-refractivity contribution in [2.45, 2.75) is 43.8 Å². The number of urea groups is 1. The third kappa shape index (κ3) is 3.43. The summed E-state index contributed by atoms with van der Waals surface area (Å²) in [4.78, 5) is 33.4. The quantitative estimate of drug-likeness (QED) is 0.790. The smallest absolute Gasteiger partial charge is 0.318 e. The molecule has 0 saturated carbocycles. The van der Waals surface area contributed by atoms with Gasteiger partial charge in [0.15, 0.2) is 0 Å². The molecule has 3 heterocycles. The second-order valence-corrected chi connectivity index (χ2v) is 8.50. The molecule has 4 rings (SSSR count). The third-order valence-corrected chi connectivity index (χ3v) is 6.11. The van der Waals surface area contributed by atoms with E-state index < -0.39 is 5.54 Å². The van der Waals surface area contributed by atoms with E-state index in [4.69, 9.17) is 0 Å². The Bertz CT molecular complexity index is 897. The molecule has 0 radical (unpaired) electrons. The van der Waals surface area contributed by atoms with Crippen molar-refractivity contribution in [1.82, 2.24) is 20.1 Å². The number of hydrogen-bond acceptors (Lipinski definition) is 4. The van der Waals surface area contributed by atoms with E-state index in [-0.39, 0.29) is 36.5 Å². The van der Waals surface area contributed by atoms with Gasteiger partial charge in [0.1, 0.15) is 0 Å². The first kappa shape index (κ1) is 20.3. The van der Waals surface area contributed by atoms with E-state index in [0.29, 0.717) is 19.5 Å². The molecule has 2 saturated heterocycles. The van der Waals surface area contributed by atoms with Crippen LogP contribution in [0.2, 0.25) is 0 Å². The Hall–Kier alpha value is -2.93. The van der Waals surface area contributed by atoms with Crippen LogP contribution in [-0.4, -0.2) is 69.1 Å². The molecule has 7 nitrogen and oxygen atoms in total. The lowest BCUT2D eigenvalue weighted by Crippen LogP contribution is -2.86. The van der Waals surface area contributed by atoms with E-state index >= 15 is 0 Å². The van der Waals surface area contributed by atoms with Gasteiger partial charge in [-0.25, -0.2) is 4.79 Å². The van der Waals surface area contributed by atoms with Crippen LogP contribution in [0.4, 0.5) is 4.79 Å². The molecule has 1 aromatic heterocycles. The number of carbonyl (C=O) groups is 2. The molecular weight excluding hydrogens is 380 g/mol. The highest BCUT2D eigenvalue weighted by Crippen LogP contribution is 2.53. The summed E-state index contributed by atoms with van der Waals surface area (Å²) in [5, 5.41) is 13.0. The van der Waals surface area contributed by atoms with Crippen LogP contribution in [0, 0.1) is 0 Å². The number of benzene rings is 1. The molecule has 1 aromatic carbocycles. The molecule has 2 atom stereocenters. The Morgan fingerprint density at radius 3 is 2.53 bits per heavy atom. The summed E-state index contributed by atoms with van der Waals surface area (Å²) in [5.41, 5.74) is 1.47. The van der Waals surface area contributed by atoms with E-state index in [2.05, 4.69) is 10.3 Å². The number of nitrogens with one attached hydrogen (secondary N) is 1. The van der Waals surface area contributed by atoms with Gasteiger partial charge in [-0.1, -0.05) is 36.4 Å². The molecule has 30 heavy (non-hydrogen) atoms. The predicted octanol–water partition coefficient (Wildman–Crippen LogP) is 1.78. The van der Waals surface area contributed by atoms with Crippen molar-refractivity contribution in [3.8, 4) is 0 Å². The number of amides is 3. The Morgan fingerprint density at radius 2 is 1.93 bits per heavy atom. The number of hydrogen-bond donors (Lipinski definition) is 2. The maximum atomic E-state index is 12.9. The number of aromatic nitrogens is 1. The van der Waals surface area contributed by atoms with Crippen LogP contribution < -0.4 is 5.32 Å². The molecule has 158 valence electrons. The minimum absolute atomic E-state index is 0.00643. The van der Waals surface area contributed by atoms with E-state index in [9.17, 15) is 14.7 Å². The van der Waals surface area contributed by atoms with E-state index in [1.807, 2.05) is 56.3 Å². The highest BCUT2D eigenvalue weighted by atomic mass is 16.3. The van der Waals surface area contributed by atoms with Crippen molar-refractivity contribution in [3.63, 3.8) is 0 Å². The fraction of sp³-hybridized carbons (Fsp3) is 0.435. The predicted molar refractivity (Wildman–Crippen MR) is 113 cm³/mol. The average Bonchev–Trinajstić information content (AvgIpc) is 2.67. The summed E-state index contributed by atoms with van der Waals surface area (Å²) in [6.45, 7) is 4.65. The van der Waals surface area contributed by atoms with Crippen molar-refractivity contribution >= 4 is 11.9 Å². The van der Waals surface area contributed by atoms with Crippen molar-refractivity contribution in [1.29, 1.82) is 0 Å². The van der Waals surface area contributed by atoms with Gasteiger partial charge >= 0.3 is 6.03 Å². The lowest BCUT2D eigenvalue weighted by atomic mass is 9.61. The molecule has 2 aromatic rings. The van der Waals surface area contributed by atoms with Gasteiger partial charge in [0, 0.05) is 37.4 Å². The topological polar surface area (TPSA) is 85.8 Å². The zero-order valence-electron chi connectivity index (χ0n) is 17.4. The second-order valence-electron chi connectivity index (χ2n) is 8.50. The van der Waals surface area contributed by atoms with E-state index in [1.54, 1.807) is 22.2 Å². The van der Waals surface area contributed by atoms with Gasteiger partial charge in [-0.3, -0.25) is 9.78 Å². The van der Waals surface area contributed by atoms with Crippen molar-refractivity contribution in [2.75, 3.05) is 19.7 Å². The number of nitrogens with zero attached hydrogens (tertiary/aromatic N) is 3. The Balaban J connectivity index is 1.56. The fourth-order valence-electron chi connectivity index (χ4n) is 4.88. The molecule has 2 fully saturated rings. The highest BCUT2D eigenvalue weighted by molar-refractivity contribution is 5.83. The van der Waals surface area contributed by atoms with Gasteiger partial charge in [-0.15, -0.1) is 0 Å². The molecule has 2 aliphatic rings. The van der Waals surface area contributed by atoms with Gasteiger partial charge in [-0.2, -0.15) is 0 Å². The molecule has 3 amide bonds. The molecule has 0 aliphatic carbocycles. The van der Waals surface area contributed by atoms with E-state index in [1.165, 1.54) is 0 Å². The zero-order chi connectivity index (χ0) is 21.3. The maximum Gasteiger partial charge on any atom is 0.318 e. The first-order valence-corrected chi connectivity index (χ1v) is 10.4. The number of aliphatic hydroxyl groups excluding tert-OH is 1. The van der Waals surface area contributed by atoms with Crippen LogP contribution >= 0.6 is 0 Å². The molecule has 2 aliphatic heterocycles. The molecule has 7 heteroatoms. The zero-order valence-corrected chi connectivity index (χ0v) is 17.4. The Kier molecular flexibility index (Phi) is 5.47.